The molecule has 9 rings (SSSR count). The lowest BCUT2D eigenvalue weighted by molar-refractivity contribution is 0.582. The Balaban J connectivity index is 1.49. The topological polar surface area (TPSA) is 78.3 Å². The Hall–Kier alpha value is -5.44. The van der Waals surface area contributed by atoms with E-state index in [2.05, 4.69) is 24.3 Å². The zero-order valence-electron chi connectivity index (χ0n) is 22.9. The summed E-state index contributed by atoms with van der Waals surface area (Å²) >= 11 is 3.30. The highest BCUT2D eigenvalue weighted by molar-refractivity contribution is 7.24. The Labute approximate surface area is 258 Å². The number of rotatable bonds is 4. The molecule has 0 saturated carbocycles. The van der Waals surface area contributed by atoms with Crippen LogP contribution in [0.15, 0.2) is 116 Å². The van der Waals surface area contributed by atoms with Gasteiger partial charge in [0.2, 0.25) is 0 Å². The second-order valence-corrected chi connectivity index (χ2v) is 12.3. The van der Waals surface area contributed by atoms with E-state index >= 15 is 0 Å². The van der Waals surface area contributed by atoms with Crippen molar-refractivity contribution in [2.75, 3.05) is 0 Å². The van der Waals surface area contributed by atoms with Crippen molar-refractivity contribution in [2.24, 2.45) is 0 Å². The van der Waals surface area contributed by atoms with Crippen LogP contribution in [0.3, 0.4) is 0 Å². The van der Waals surface area contributed by atoms with Crippen LogP contribution in [0.1, 0.15) is 22.8 Å². The van der Waals surface area contributed by atoms with Crippen molar-refractivity contribution in [3.63, 3.8) is 0 Å². The fourth-order valence-corrected chi connectivity index (χ4v) is 7.92. The predicted octanol–water partition coefficient (Wildman–Crippen LogP) is 11.2. The summed E-state index contributed by atoms with van der Waals surface area (Å²) in [6.45, 7) is 0. The third-order valence-electron chi connectivity index (χ3n) is 7.57. The van der Waals surface area contributed by atoms with Gasteiger partial charge in [-0.2, -0.15) is 0 Å². The number of fused-ring (bicyclic) bond motifs is 8. The van der Waals surface area contributed by atoms with Gasteiger partial charge in [0, 0.05) is 18.8 Å². The van der Waals surface area contributed by atoms with E-state index in [1.807, 2.05) is 72.8 Å². The Bertz CT molecular complexity index is 2040. The van der Waals surface area contributed by atoms with Gasteiger partial charge >= 0.3 is 0 Å². The van der Waals surface area contributed by atoms with Crippen LogP contribution >= 0.6 is 22.7 Å². The van der Waals surface area contributed by atoms with E-state index < -0.39 is 0 Å². The van der Waals surface area contributed by atoms with Gasteiger partial charge in [-0.15, -0.1) is 22.7 Å². The fourth-order valence-electron chi connectivity index (χ4n) is 5.67. The summed E-state index contributed by atoms with van der Waals surface area (Å²) in [5.74, 6) is 2.97. The summed E-state index contributed by atoms with van der Waals surface area (Å²) in [7, 11) is 0. The predicted molar refractivity (Wildman–Crippen MR) is 177 cm³/mol. The molecule has 0 atom stereocenters. The summed E-state index contributed by atoms with van der Waals surface area (Å²) in [6.07, 6.45) is 14.9. The highest BCUT2D eigenvalue weighted by atomic mass is 32.1. The molecule has 210 valence electrons. The lowest BCUT2D eigenvalue weighted by atomic mass is 10.1. The third kappa shape index (κ3) is 4.07. The minimum atomic E-state index is 0.744. The summed E-state index contributed by atoms with van der Waals surface area (Å²) in [5.41, 5.74) is 6.91. The molecular formula is C36H20N2O4S2. The van der Waals surface area contributed by atoms with Crippen molar-refractivity contribution in [3.8, 4) is 45.3 Å². The van der Waals surface area contributed by atoms with Crippen LogP contribution in [0.4, 0.5) is 0 Å². The maximum absolute atomic E-state index is 5.96. The zero-order valence-corrected chi connectivity index (χ0v) is 24.5. The van der Waals surface area contributed by atoms with Crippen molar-refractivity contribution in [3.05, 3.63) is 121 Å². The first-order valence-electron chi connectivity index (χ1n) is 13.9. The largest absolute Gasteiger partial charge is 0.464 e. The van der Waals surface area contributed by atoms with Gasteiger partial charge in [0.15, 0.2) is 0 Å². The molecule has 9 heterocycles. The first kappa shape index (κ1) is 25.1. The Morgan fingerprint density at radius 2 is 0.636 bits per heavy atom. The van der Waals surface area contributed by atoms with Crippen molar-refractivity contribution in [1.82, 2.24) is 9.97 Å². The van der Waals surface area contributed by atoms with Crippen LogP contribution in [-0.4, -0.2) is 9.97 Å². The van der Waals surface area contributed by atoms with Crippen LogP contribution in [0.5, 0.6) is 0 Å². The molecule has 0 saturated heterocycles. The van der Waals surface area contributed by atoms with Gasteiger partial charge in [0.05, 0.1) is 70.1 Å². The normalized spacial score (nSPS) is 12.4. The maximum Gasteiger partial charge on any atom is 0.137 e. The van der Waals surface area contributed by atoms with E-state index in [0.29, 0.717) is 0 Å². The smallest absolute Gasteiger partial charge is 0.137 e. The Morgan fingerprint density at radius 3 is 0.864 bits per heavy atom. The molecule has 0 unspecified atom stereocenters. The number of thiophene rings is 2. The van der Waals surface area contributed by atoms with E-state index in [-0.39, 0.29) is 0 Å². The molecule has 44 heavy (non-hydrogen) atoms. The summed E-state index contributed by atoms with van der Waals surface area (Å²) in [4.78, 5) is 10.4. The average molecular weight is 609 g/mol. The zero-order chi connectivity index (χ0) is 29.0. The molecule has 6 nitrogen and oxygen atoms in total. The summed E-state index contributed by atoms with van der Waals surface area (Å²) in [6, 6.07) is 23.9. The van der Waals surface area contributed by atoms with Crippen LogP contribution in [0, 0.1) is 0 Å². The Morgan fingerprint density at radius 1 is 0.364 bits per heavy atom. The molecule has 8 bridgehead atoms. The molecule has 0 radical (unpaired) electrons. The van der Waals surface area contributed by atoms with E-state index in [1.54, 1.807) is 47.7 Å². The molecule has 0 amide bonds. The summed E-state index contributed by atoms with van der Waals surface area (Å²) in [5, 5.41) is 0. The minimum absolute atomic E-state index is 0.744. The molecule has 7 aromatic rings. The fraction of sp³-hybridized carbons (Fsp3) is 0. The molecule has 7 aromatic heterocycles. The van der Waals surface area contributed by atoms with E-state index in [9.17, 15) is 0 Å². The number of hydrogen-bond donors (Lipinski definition) is 0. The molecule has 0 fully saturated rings. The molecule has 0 spiro atoms. The van der Waals surface area contributed by atoms with Gasteiger partial charge in [-0.3, -0.25) is 0 Å². The van der Waals surface area contributed by atoms with Crippen LogP contribution in [-0.2, 0) is 0 Å². The van der Waals surface area contributed by atoms with Gasteiger partial charge < -0.3 is 17.7 Å². The Kier molecular flexibility index (Phi) is 5.75. The van der Waals surface area contributed by atoms with Gasteiger partial charge in [-0.1, -0.05) is 0 Å². The van der Waals surface area contributed by atoms with Crippen molar-refractivity contribution < 1.29 is 17.7 Å². The van der Waals surface area contributed by atoms with Gasteiger partial charge in [-0.25, -0.2) is 9.97 Å². The van der Waals surface area contributed by atoms with Crippen molar-refractivity contribution in [2.45, 2.75) is 0 Å². The van der Waals surface area contributed by atoms with E-state index in [0.717, 1.165) is 86.9 Å². The monoisotopic (exact) mass is 608 g/mol. The lowest BCUT2D eigenvalue weighted by Gasteiger charge is -2.02. The van der Waals surface area contributed by atoms with Crippen LogP contribution in [0.25, 0.3) is 88.4 Å². The van der Waals surface area contributed by atoms with Crippen LogP contribution in [0.2, 0.25) is 0 Å². The van der Waals surface area contributed by atoms with E-state index in [4.69, 9.17) is 27.6 Å². The first-order valence-corrected chi connectivity index (χ1v) is 15.6. The molecule has 2 aliphatic rings. The minimum Gasteiger partial charge on any atom is -0.464 e. The number of furan rings is 4. The van der Waals surface area contributed by atoms with Gasteiger partial charge in [0.1, 0.15) is 23.0 Å². The molecule has 8 heteroatoms. The number of aromatic nitrogens is 2. The van der Waals surface area contributed by atoms with Crippen LogP contribution < -0.4 is 0 Å². The second kappa shape index (κ2) is 10.1. The quantitative estimate of drug-likeness (QED) is 0.198. The standard InChI is InChI=1S/C36H20N2O4S2/c1-5-25(39-17-1)33-21-9-10-22(37-21)34(26-6-2-18-40-26)31-15-16-32(44-31)36(28-8-4-20-42-28)24-12-11-23(38-24)35(27-7-3-19-41-27)30-14-13-29(33)43-30/h1-20H. The van der Waals surface area contributed by atoms with Crippen molar-refractivity contribution in [1.29, 1.82) is 0 Å². The molecule has 0 N–H and O–H groups in total. The average Bonchev–Trinajstić information content (AvgIpc) is 3.90. The second-order valence-electron chi connectivity index (χ2n) is 10.2. The first-order chi connectivity index (χ1) is 21.8. The van der Waals surface area contributed by atoms with Gasteiger partial charge in [-0.05, 0) is 97.1 Å². The lowest BCUT2D eigenvalue weighted by Crippen LogP contribution is -1.84. The number of hydrogen-bond acceptors (Lipinski definition) is 8. The molecule has 2 aliphatic heterocycles. The SMILES string of the molecule is C1=Cc2nc1c(-c1ccco1)c1ccc(s1)c(-c1ccco1)c1nc(c(-c3ccco3)c3ccc(s3)c2-c2ccco2)C=C1. The highest BCUT2D eigenvalue weighted by Gasteiger charge is 2.21. The number of nitrogens with zero attached hydrogens (tertiary/aromatic N) is 2. The van der Waals surface area contributed by atoms with E-state index in [1.165, 1.54) is 0 Å². The summed E-state index contributed by atoms with van der Waals surface area (Å²) < 4.78 is 27.9. The molecule has 0 aromatic carbocycles. The highest BCUT2D eigenvalue weighted by Crippen LogP contribution is 2.43. The van der Waals surface area contributed by atoms with Crippen molar-refractivity contribution >= 4 is 65.8 Å². The van der Waals surface area contributed by atoms with Gasteiger partial charge in [0.25, 0.3) is 0 Å². The molecular weight excluding hydrogens is 589 g/mol. The third-order valence-corrected chi connectivity index (χ3v) is 9.81. The maximum atomic E-state index is 5.96. The molecule has 0 aliphatic carbocycles.